The minimum Gasteiger partial charge on any atom is -0.350 e. The van der Waals surface area contributed by atoms with Crippen LogP contribution in [0, 0.1) is 6.92 Å². The number of carbonyl (C=O) groups excluding carboxylic acids is 1. The number of thiophene rings is 1. The minimum absolute atomic E-state index is 0. The molecule has 0 fully saturated rings. The van der Waals surface area contributed by atoms with Gasteiger partial charge in [-0.05, 0) is 19.1 Å². The molecule has 7 heteroatoms. The first-order valence-electron chi connectivity index (χ1n) is 4.83. The van der Waals surface area contributed by atoms with E-state index in [4.69, 9.17) is 5.73 Å². The number of nitrogens with one attached hydrogen (secondary N) is 1. The van der Waals surface area contributed by atoms with E-state index in [1.54, 1.807) is 0 Å². The average Bonchev–Trinajstić information content (AvgIpc) is 2.61. The Kier molecular flexibility index (Phi) is 6.59. The number of nitrogens with two attached hydrogens (primary N) is 1. The molecule has 1 aromatic heterocycles. The van der Waals surface area contributed by atoms with Gasteiger partial charge in [-0.25, -0.2) is 8.78 Å². The van der Waals surface area contributed by atoms with E-state index >= 15 is 0 Å². The summed E-state index contributed by atoms with van der Waals surface area (Å²) in [6.45, 7) is 0.465. The first-order chi connectivity index (χ1) is 7.43. The zero-order chi connectivity index (χ0) is 12.2. The van der Waals surface area contributed by atoms with Gasteiger partial charge in [0.25, 0.3) is 5.92 Å². The van der Waals surface area contributed by atoms with Crippen molar-refractivity contribution in [3.05, 3.63) is 21.9 Å². The van der Waals surface area contributed by atoms with Gasteiger partial charge in [0.2, 0.25) is 5.91 Å². The molecular weight excluding hydrogens is 270 g/mol. The van der Waals surface area contributed by atoms with Crippen molar-refractivity contribution in [1.82, 2.24) is 5.32 Å². The Morgan fingerprint density at radius 2 is 2.18 bits per heavy atom. The Labute approximate surface area is 109 Å². The Bertz CT molecular complexity index is 371. The second kappa shape index (κ2) is 6.88. The lowest BCUT2D eigenvalue weighted by Gasteiger charge is -2.14. The van der Waals surface area contributed by atoms with Crippen LogP contribution in [0.15, 0.2) is 12.1 Å². The fourth-order valence-corrected chi connectivity index (χ4v) is 1.99. The molecule has 0 saturated heterocycles. The summed E-state index contributed by atoms with van der Waals surface area (Å²) < 4.78 is 25.4. The molecule has 0 unspecified atom stereocenters. The number of amides is 1. The second-order valence-corrected chi connectivity index (χ2v) is 4.90. The fourth-order valence-electron chi connectivity index (χ4n) is 1.10. The Morgan fingerprint density at radius 3 is 2.65 bits per heavy atom. The molecule has 0 spiro atoms. The average molecular weight is 285 g/mol. The van der Waals surface area contributed by atoms with E-state index in [1.165, 1.54) is 11.3 Å². The predicted molar refractivity (Wildman–Crippen MR) is 67.0 cm³/mol. The molecule has 0 aliphatic heterocycles. The summed E-state index contributed by atoms with van der Waals surface area (Å²) in [4.78, 5) is 13.3. The van der Waals surface area contributed by atoms with Crippen molar-refractivity contribution in [3.8, 4) is 0 Å². The molecule has 0 bridgehead atoms. The van der Waals surface area contributed by atoms with Gasteiger partial charge in [-0.2, -0.15) is 0 Å². The van der Waals surface area contributed by atoms with Crippen LogP contribution in [0.2, 0.25) is 0 Å². The third-order valence-electron chi connectivity index (χ3n) is 1.97. The van der Waals surface area contributed by atoms with Gasteiger partial charge in [0, 0.05) is 9.75 Å². The highest BCUT2D eigenvalue weighted by atomic mass is 35.5. The Morgan fingerprint density at radius 1 is 1.53 bits per heavy atom. The van der Waals surface area contributed by atoms with Crippen molar-refractivity contribution in [1.29, 1.82) is 0 Å². The standard InChI is InChI=1S/C10H14F2N2OS.ClH/c1-7-2-3-8(16-7)4-9(15)14-6-10(11,12)5-13;/h2-3H,4-6,13H2,1H3,(H,14,15);1H. The van der Waals surface area contributed by atoms with Gasteiger partial charge < -0.3 is 11.1 Å². The summed E-state index contributed by atoms with van der Waals surface area (Å²) in [6, 6.07) is 3.71. The summed E-state index contributed by atoms with van der Waals surface area (Å²) in [7, 11) is 0. The van der Waals surface area contributed by atoms with Crippen molar-refractivity contribution in [2.24, 2.45) is 5.73 Å². The number of rotatable bonds is 5. The van der Waals surface area contributed by atoms with E-state index in [1.807, 2.05) is 19.1 Å². The second-order valence-electron chi connectivity index (χ2n) is 3.53. The van der Waals surface area contributed by atoms with Crippen molar-refractivity contribution < 1.29 is 13.6 Å². The molecule has 1 amide bonds. The van der Waals surface area contributed by atoms with Crippen molar-refractivity contribution >= 4 is 29.7 Å². The van der Waals surface area contributed by atoms with Crippen LogP contribution in [0.25, 0.3) is 0 Å². The molecule has 1 heterocycles. The van der Waals surface area contributed by atoms with E-state index in [0.717, 1.165) is 9.75 Å². The van der Waals surface area contributed by atoms with Crippen LogP contribution in [0.1, 0.15) is 9.75 Å². The molecule has 0 aliphatic carbocycles. The van der Waals surface area contributed by atoms with E-state index in [-0.39, 0.29) is 18.8 Å². The van der Waals surface area contributed by atoms with E-state index < -0.39 is 24.9 Å². The summed E-state index contributed by atoms with van der Waals surface area (Å²) >= 11 is 1.48. The lowest BCUT2D eigenvalue weighted by Crippen LogP contribution is -2.41. The summed E-state index contributed by atoms with van der Waals surface area (Å²) in [5, 5.41) is 2.17. The SMILES string of the molecule is Cc1ccc(CC(=O)NCC(F)(F)CN)s1.Cl. The molecule has 17 heavy (non-hydrogen) atoms. The van der Waals surface area contributed by atoms with Crippen LogP contribution in [-0.4, -0.2) is 24.9 Å². The van der Waals surface area contributed by atoms with E-state index in [2.05, 4.69) is 5.32 Å². The maximum Gasteiger partial charge on any atom is 0.277 e. The number of aryl methyl sites for hydroxylation is 1. The first-order valence-corrected chi connectivity index (χ1v) is 5.64. The lowest BCUT2D eigenvalue weighted by molar-refractivity contribution is -0.122. The largest absolute Gasteiger partial charge is 0.350 e. The van der Waals surface area contributed by atoms with Crippen LogP contribution in [-0.2, 0) is 11.2 Å². The van der Waals surface area contributed by atoms with Gasteiger partial charge in [0.1, 0.15) is 0 Å². The minimum atomic E-state index is -3.03. The highest BCUT2D eigenvalue weighted by Crippen LogP contribution is 2.15. The summed E-state index contributed by atoms with van der Waals surface area (Å²) in [5.41, 5.74) is 4.85. The van der Waals surface area contributed by atoms with Crippen LogP contribution < -0.4 is 11.1 Å². The van der Waals surface area contributed by atoms with E-state index in [0.29, 0.717) is 0 Å². The monoisotopic (exact) mass is 284 g/mol. The zero-order valence-electron chi connectivity index (χ0n) is 9.33. The van der Waals surface area contributed by atoms with Crippen LogP contribution in [0.5, 0.6) is 0 Å². The van der Waals surface area contributed by atoms with Gasteiger partial charge in [-0.3, -0.25) is 4.79 Å². The summed E-state index contributed by atoms with van der Waals surface area (Å²) in [6.07, 6.45) is 0.138. The topological polar surface area (TPSA) is 55.1 Å². The Hall–Kier alpha value is -0.720. The van der Waals surface area contributed by atoms with Crippen molar-refractivity contribution in [2.75, 3.05) is 13.1 Å². The molecule has 1 aromatic rings. The molecule has 0 aliphatic rings. The van der Waals surface area contributed by atoms with Gasteiger partial charge in [-0.1, -0.05) is 0 Å². The number of hydrogen-bond donors (Lipinski definition) is 2. The maximum absolute atomic E-state index is 12.7. The van der Waals surface area contributed by atoms with Gasteiger partial charge in [-0.15, -0.1) is 23.7 Å². The molecule has 0 radical (unpaired) electrons. The van der Waals surface area contributed by atoms with Crippen LogP contribution in [0.3, 0.4) is 0 Å². The van der Waals surface area contributed by atoms with Gasteiger partial charge >= 0.3 is 0 Å². The maximum atomic E-state index is 12.7. The van der Waals surface area contributed by atoms with Gasteiger partial charge in [0.05, 0.1) is 19.5 Å². The quantitative estimate of drug-likeness (QED) is 0.865. The molecule has 3 N–H and O–H groups in total. The molecule has 0 aromatic carbocycles. The normalized spacial score (nSPS) is 10.8. The molecule has 98 valence electrons. The number of alkyl halides is 2. The zero-order valence-corrected chi connectivity index (χ0v) is 11.0. The smallest absolute Gasteiger partial charge is 0.277 e. The fraction of sp³-hybridized carbons (Fsp3) is 0.500. The highest BCUT2D eigenvalue weighted by molar-refractivity contribution is 7.12. The molecular formula is C10H15ClF2N2OS. The van der Waals surface area contributed by atoms with Crippen LogP contribution in [0.4, 0.5) is 8.78 Å². The lowest BCUT2D eigenvalue weighted by atomic mass is 10.3. The predicted octanol–water partition coefficient (Wildman–Crippen LogP) is 1.73. The van der Waals surface area contributed by atoms with Gasteiger partial charge in [0.15, 0.2) is 0 Å². The third kappa shape index (κ3) is 5.95. The summed E-state index contributed by atoms with van der Waals surface area (Å²) in [5.74, 6) is -3.43. The van der Waals surface area contributed by atoms with Crippen molar-refractivity contribution in [2.45, 2.75) is 19.3 Å². The first kappa shape index (κ1) is 16.3. The highest BCUT2D eigenvalue weighted by Gasteiger charge is 2.27. The number of halogens is 3. The molecule has 0 saturated carbocycles. The Balaban J connectivity index is 0.00000256. The molecule has 3 nitrogen and oxygen atoms in total. The van der Waals surface area contributed by atoms with Crippen molar-refractivity contribution in [3.63, 3.8) is 0 Å². The van der Waals surface area contributed by atoms with Crippen LogP contribution >= 0.6 is 23.7 Å². The molecule has 1 rings (SSSR count). The third-order valence-corrected chi connectivity index (χ3v) is 2.97. The number of carbonyl (C=O) groups is 1. The number of hydrogen-bond acceptors (Lipinski definition) is 3. The van der Waals surface area contributed by atoms with E-state index in [9.17, 15) is 13.6 Å². The molecule has 0 atom stereocenters.